The van der Waals surface area contributed by atoms with Crippen molar-refractivity contribution in [1.82, 2.24) is 0 Å². The van der Waals surface area contributed by atoms with E-state index in [0.29, 0.717) is 5.25 Å². The smallest absolute Gasteiger partial charge is 0.368 e. The van der Waals surface area contributed by atoms with Crippen LogP contribution in [0.4, 0.5) is 0 Å². The minimum atomic E-state index is 0. The number of thiol groups is 2. The van der Waals surface area contributed by atoms with Crippen molar-refractivity contribution in [2.75, 3.05) is 0 Å². The fourth-order valence-electron chi connectivity index (χ4n) is 0. The molecule has 0 fully saturated rings. The maximum atomic E-state index is 3.97. The van der Waals surface area contributed by atoms with Crippen LogP contribution in [0.3, 0.4) is 0 Å². The predicted molar refractivity (Wildman–Crippen MR) is 31.7 cm³/mol. The van der Waals surface area contributed by atoms with Crippen LogP contribution < -0.4 is 29.6 Å². The first kappa shape index (κ1) is 10.6. The van der Waals surface area contributed by atoms with E-state index in [2.05, 4.69) is 25.3 Å². The van der Waals surface area contributed by atoms with Crippen LogP contribution in [0.5, 0.6) is 0 Å². The molecule has 0 spiro atoms. The molecule has 0 saturated heterocycles. The van der Waals surface area contributed by atoms with Gasteiger partial charge >= 0.3 is 29.6 Å². The quantitative estimate of drug-likeness (QED) is 0.238. The summed E-state index contributed by atoms with van der Waals surface area (Å²) in [5, 5.41) is 0.318. The SMILES string of the molecule is CC(S)[CH-]S.[Na+]. The van der Waals surface area contributed by atoms with Gasteiger partial charge in [-0.25, -0.2) is 12.6 Å². The molecule has 0 aromatic carbocycles. The van der Waals surface area contributed by atoms with Gasteiger partial charge < -0.3 is 12.6 Å². The number of hydrogen-bond donors (Lipinski definition) is 2. The van der Waals surface area contributed by atoms with Crippen molar-refractivity contribution >= 4 is 25.3 Å². The van der Waals surface area contributed by atoms with Crippen LogP contribution >= 0.6 is 25.3 Å². The molecule has 32 valence electrons. The maximum absolute atomic E-state index is 3.97. The molecule has 0 bridgehead atoms. The summed E-state index contributed by atoms with van der Waals surface area (Å²) in [6.07, 6.45) is 0. The van der Waals surface area contributed by atoms with Gasteiger partial charge in [0.05, 0.1) is 0 Å². The Balaban J connectivity index is 0. The van der Waals surface area contributed by atoms with Crippen molar-refractivity contribution < 1.29 is 29.6 Å². The molecule has 0 nitrogen and oxygen atoms in total. The Morgan fingerprint density at radius 1 is 1.67 bits per heavy atom. The Labute approximate surface area is 72.2 Å². The summed E-state index contributed by atoms with van der Waals surface area (Å²) in [5.41, 5.74) is 0. The van der Waals surface area contributed by atoms with Gasteiger partial charge in [-0.1, -0.05) is 6.92 Å². The monoisotopic (exact) mass is 130 g/mol. The molecular weight excluding hydrogens is 123 g/mol. The Kier molecular flexibility index (Phi) is 11.9. The van der Waals surface area contributed by atoms with Crippen molar-refractivity contribution in [3.8, 4) is 0 Å². The summed E-state index contributed by atoms with van der Waals surface area (Å²) in [7, 11) is 0. The Bertz CT molecular complexity index is 22.8. The average Bonchev–Trinajstić information content (AvgIpc) is 1.38. The Hall–Kier alpha value is 1.70. The fraction of sp³-hybridized carbons (Fsp3) is 0.667. The van der Waals surface area contributed by atoms with Gasteiger partial charge in [0.2, 0.25) is 0 Å². The summed E-state index contributed by atoms with van der Waals surface area (Å²) in [6, 6.07) is 0. The zero-order valence-corrected chi connectivity index (χ0v) is 7.84. The molecule has 0 N–H and O–H groups in total. The molecule has 0 radical (unpaired) electrons. The molecule has 0 rings (SSSR count). The molecule has 0 amide bonds. The van der Waals surface area contributed by atoms with E-state index in [0.717, 1.165) is 0 Å². The van der Waals surface area contributed by atoms with Crippen LogP contribution in [-0.4, -0.2) is 5.25 Å². The third-order valence-electron chi connectivity index (χ3n) is 0.216. The van der Waals surface area contributed by atoms with Crippen LogP contribution in [0.1, 0.15) is 6.92 Å². The largest absolute Gasteiger partial charge is 1.00 e. The molecule has 0 aliphatic rings. The summed E-state index contributed by atoms with van der Waals surface area (Å²) in [6.45, 7) is 1.95. The fourth-order valence-corrected chi connectivity index (χ4v) is 0. The first-order chi connectivity index (χ1) is 2.27. The zero-order valence-electron chi connectivity index (χ0n) is 4.05. The standard InChI is InChI=1S/C3H7S2.Na/c1-3(5)2-4;/h2-5H,1H3;/q-1;+1. The van der Waals surface area contributed by atoms with Crippen LogP contribution in [0.15, 0.2) is 0 Å². The van der Waals surface area contributed by atoms with E-state index in [1.807, 2.05) is 6.92 Å². The van der Waals surface area contributed by atoms with Crippen molar-refractivity contribution in [2.24, 2.45) is 0 Å². The molecule has 0 aliphatic heterocycles. The molecular formula is C3H7NaS2. The molecule has 0 aromatic rings. The second-order valence-corrected chi connectivity index (χ2v) is 2.00. The van der Waals surface area contributed by atoms with Crippen molar-refractivity contribution in [3.05, 3.63) is 5.75 Å². The third kappa shape index (κ3) is 9.20. The molecule has 0 saturated carbocycles. The second kappa shape index (κ2) is 6.70. The summed E-state index contributed by atoms with van der Waals surface area (Å²) in [5.74, 6) is 1.73. The molecule has 1 atom stereocenters. The number of hydrogen-bond acceptors (Lipinski definition) is 2. The maximum Gasteiger partial charge on any atom is 1.00 e. The summed E-state index contributed by atoms with van der Waals surface area (Å²) >= 11 is 7.78. The van der Waals surface area contributed by atoms with Gasteiger partial charge in [0, 0.05) is 0 Å². The van der Waals surface area contributed by atoms with E-state index in [1.54, 1.807) is 5.75 Å². The second-order valence-electron chi connectivity index (χ2n) is 0.890. The van der Waals surface area contributed by atoms with E-state index in [4.69, 9.17) is 0 Å². The summed E-state index contributed by atoms with van der Waals surface area (Å²) in [4.78, 5) is 0. The first-order valence-corrected chi connectivity index (χ1v) is 2.46. The predicted octanol–water partition coefficient (Wildman–Crippen LogP) is -1.60. The average molecular weight is 130 g/mol. The van der Waals surface area contributed by atoms with Gasteiger partial charge in [-0.15, -0.1) is 5.25 Å². The van der Waals surface area contributed by atoms with Crippen LogP contribution in [0.25, 0.3) is 0 Å². The van der Waals surface area contributed by atoms with Crippen LogP contribution in [0, 0.1) is 5.75 Å². The zero-order chi connectivity index (χ0) is 4.28. The van der Waals surface area contributed by atoms with E-state index < -0.39 is 0 Å². The van der Waals surface area contributed by atoms with E-state index in [1.165, 1.54) is 0 Å². The molecule has 1 unspecified atom stereocenters. The molecule has 6 heavy (non-hydrogen) atoms. The summed E-state index contributed by atoms with van der Waals surface area (Å²) < 4.78 is 0. The Morgan fingerprint density at radius 3 is 1.83 bits per heavy atom. The molecule has 0 aromatic heterocycles. The van der Waals surface area contributed by atoms with E-state index in [9.17, 15) is 0 Å². The normalized spacial score (nSPS) is 12.5. The van der Waals surface area contributed by atoms with Gasteiger partial charge in [0.25, 0.3) is 0 Å². The van der Waals surface area contributed by atoms with Crippen LogP contribution in [0.2, 0.25) is 0 Å². The van der Waals surface area contributed by atoms with Crippen molar-refractivity contribution in [2.45, 2.75) is 12.2 Å². The molecule has 3 heteroatoms. The van der Waals surface area contributed by atoms with Gasteiger partial charge in [0.15, 0.2) is 0 Å². The van der Waals surface area contributed by atoms with Gasteiger partial charge in [0.1, 0.15) is 0 Å². The third-order valence-corrected chi connectivity index (χ3v) is 1.05. The molecule has 0 aliphatic carbocycles. The molecule has 0 heterocycles. The van der Waals surface area contributed by atoms with Gasteiger partial charge in [-0.2, -0.15) is 0 Å². The number of rotatable bonds is 1. The minimum absolute atomic E-state index is 0. The van der Waals surface area contributed by atoms with Crippen LogP contribution in [-0.2, 0) is 0 Å². The van der Waals surface area contributed by atoms with E-state index >= 15 is 0 Å². The topological polar surface area (TPSA) is 0 Å². The Morgan fingerprint density at radius 2 is 1.83 bits per heavy atom. The van der Waals surface area contributed by atoms with Crippen molar-refractivity contribution in [3.63, 3.8) is 0 Å². The van der Waals surface area contributed by atoms with Gasteiger partial charge in [-0.05, 0) is 0 Å². The van der Waals surface area contributed by atoms with E-state index in [-0.39, 0.29) is 29.6 Å². The van der Waals surface area contributed by atoms with Crippen molar-refractivity contribution in [1.29, 1.82) is 0 Å². The minimum Gasteiger partial charge on any atom is -0.368 e. The van der Waals surface area contributed by atoms with Gasteiger partial charge in [-0.3, -0.25) is 5.75 Å². The first-order valence-electron chi connectivity index (χ1n) is 1.43.